The quantitative estimate of drug-likeness (QED) is 0.811. The molecule has 0 aliphatic rings. The molecule has 1 N–H and O–H groups in total. The van der Waals surface area contributed by atoms with Crippen molar-refractivity contribution in [2.45, 2.75) is 14.4 Å². The van der Waals surface area contributed by atoms with Crippen LogP contribution in [0, 0.1) is 6.92 Å². The average Bonchev–Trinajstić information content (AvgIpc) is 2.63. The smallest absolute Gasteiger partial charge is 0.173 e. The third-order valence-electron chi connectivity index (χ3n) is 1.84. The van der Waals surface area contributed by atoms with Crippen LogP contribution in [0.25, 0.3) is 12.2 Å². The summed E-state index contributed by atoms with van der Waals surface area (Å²) < 4.78 is 0. The fourth-order valence-corrected chi connectivity index (χ4v) is 1.17. The Hall–Kier alpha value is -1.90. The van der Waals surface area contributed by atoms with Crippen molar-refractivity contribution < 1.29 is 0 Å². The van der Waals surface area contributed by atoms with Gasteiger partial charge >= 0.3 is 0 Å². The zero-order chi connectivity index (χ0) is 9.80. The number of aryl methyl sites for hydroxylation is 1. The lowest BCUT2D eigenvalue weighted by molar-refractivity contribution is 1.03. The van der Waals surface area contributed by atoms with Gasteiger partial charge in [0.2, 0.25) is 0 Å². The van der Waals surface area contributed by atoms with Crippen LogP contribution in [0.5, 0.6) is 0 Å². The van der Waals surface area contributed by atoms with E-state index < -0.39 is 0 Å². The zero-order valence-electron chi connectivity index (χ0n) is 7.94. The molecule has 0 saturated carbocycles. The Labute approximate surface area is 89.9 Å². The Morgan fingerprint density at radius 1 is 1.13 bits per heavy atom. The van der Waals surface area contributed by atoms with Gasteiger partial charge in [0.15, 0.2) is 5.82 Å². The summed E-state index contributed by atoms with van der Waals surface area (Å²) in [6, 6.07) is 10.1. The van der Waals surface area contributed by atoms with E-state index in [0.29, 0.717) is 5.82 Å². The highest BCUT2D eigenvalue weighted by Crippen LogP contribution is 2.04. The van der Waals surface area contributed by atoms with Gasteiger partial charge in [0.05, 0.1) is 0 Å². The van der Waals surface area contributed by atoms with Gasteiger partial charge in [-0.3, -0.25) is 5.10 Å². The Bertz CT molecular complexity index is 429. The molecule has 0 fully saturated rings. The van der Waals surface area contributed by atoms with E-state index in [0.717, 1.165) is 11.4 Å². The molecule has 2 aromatic rings. The van der Waals surface area contributed by atoms with E-state index >= 15 is 0 Å². The lowest BCUT2D eigenvalue weighted by atomic mass is 10.2. The first-order valence-corrected chi connectivity index (χ1v) is 4.47. The van der Waals surface area contributed by atoms with Gasteiger partial charge in [-0.1, -0.05) is 43.8 Å². The molecule has 3 nitrogen and oxygen atoms in total. The van der Waals surface area contributed by atoms with Crippen LogP contribution < -0.4 is 0 Å². The Balaban J connectivity index is 0.00000112. The first kappa shape index (κ1) is 11.2. The van der Waals surface area contributed by atoms with Crippen LogP contribution in [0.3, 0.4) is 0 Å². The van der Waals surface area contributed by atoms with Crippen molar-refractivity contribution in [2.24, 2.45) is 0 Å². The highest BCUT2D eigenvalue weighted by molar-refractivity contribution is 5.66. The van der Waals surface area contributed by atoms with Crippen LogP contribution in [-0.4, -0.2) is 15.2 Å². The van der Waals surface area contributed by atoms with Crippen LogP contribution in [0.1, 0.15) is 24.6 Å². The van der Waals surface area contributed by atoms with Gasteiger partial charge in [0, 0.05) is 0 Å². The van der Waals surface area contributed by atoms with E-state index in [1.54, 1.807) is 0 Å². The van der Waals surface area contributed by atoms with E-state index in [9.17, 15) is 0 Å². The summed E-state index contributed by atoms with van der Waals surface area (Å²) in [5, 5.41) is 6.80. The highest BCUT2D eigenvalue weighted by Gasteiger charge is 1.92. The van der Waals surface area contributed by atoms with Crippen molar-refractivity contribution in [1.82, 2.24) is 15.2 Å². The van der Waals surface area contributed by atoms with Crippen molar-refractivity contribution in [1.29, 1.82) is 0 Å². The van der Waals surface area contributed by atoms with Gasteiger partial charge < -0.3 is 0 Å². The number of hydrogen-bond acceptors (Lipinski definition) is 2. The Morgan fingerprint density at radius 3 is 2.47 bits per heavy atom. The van der Waals surface area contributed by atoms with Gasteiger partial charge in [-0.2, -0.15) is 5.10 Å². The van der Waals surface area contributed by atoms with Crippen LogP contribution in [-0.2, 0) is 0 Å². The number of rotatable bonds is 2. The standard InChI is InChI=1S/C11H11N3.CH4/c1-9-12-11(14-13-9)8-7-10-5-3-2-4-6-10;/h2-8H,1H3,(H,12,13,14);1H4/b8-7+;. The molecule has 0 unspecified atom stereocenters. The highest BCUT2D eigenvalue weighted by atomic mass is 15.2. The molecule has 0 aliphatic carbocycles. The fraction of sp³-hybridized carbons (Fsp3) is 0.167. The van der Waals surface area contributed by atoms with Gasteiger partial charge in [0.1, 0.15) is 5.82 Å². The summed E-state index contributed by atoms with van der Waals surface area (Å²) >= 11 is 0. The minimum atomic E-state index is 0. The van der Waals surface area contributed by atoms with E-state index in [4.69, 9.17) is 0 Å². The Morgan fingerprint density at radius 2 is 1.87 bits per heavy atom. The summed E-state index contributed by atoms with van der Waals surface area (Å²) in [5.74, 6) is 1.55. The largest absolute Gasteiger partial charge is 0.263 e. The first-order chi connectivity index (χ1) is 6.84. The lowest BCUT2D eigenvalue weighted by Gasteiger charge is -1.88. The second-order valence-corrected chi connectivity index (χ2v) is 3.02. The molecular formula is C12H15N3. The predicted molar refractivity (Wildman–Crippen MR) is 63.2 cm³/mol. The second-order valence-electron chi connectivity index (χ2n) is 3.02. The van der Waals surface area contributed by atoms with Crippen molar-refractivity contribution in [3.05, 3.63) is 47.5 Å². The van der Waals surface area contributed by atoms with Crippen LogP contribution in [0.4, 0.5) is 0 Å². The summed E-state index contributed by atoms with van der Waals surface area (Å²) in [7, 11) is 0. The molecular weight excluding hydrogens is 186 g/mol. The molecule has 3 heteroatoms. The maximum atomic E-state index is 4.17. The molecule has 0 atom stereocenters. The molecule has 78 valence electrons. The van der Waals surface area contributed by atoms with E-state index in [1.165, 1.54) is 0 Å². The number of aromatic nitrogens is 3. The van der Waals surface area contributed by atoms with Crippen LogP contribution in [0.15, 0.2) is 30.3 Å². The number of hydrogen-bond donors (Lipinski definition) is 1. The molecule has 1 aromatic carbocycles. The number of H-pyrrole nitrogens is 1. The van der Waals surface area contributed by atoms with Crippen molar-refractivity contribution in [3.8, 4) is 0 Å². The Kier molecular flexibility index (Phi) is 3.80. The molecule has 0 bridgehead atoms. The molecule has 1 heterocycles. The minimum absolute atomic E-state index is 0. The second kappa shape index (κ2) is 5.10. The maximum absolute atomic E-state index is 4.17. The molecule has 0 spiro atoms. The molecule has 1 aromatic heterocycles. The maximum Gasteiger partial charge on any atom is 0.173 e. The normalized spacial score (nSPS) is 10.2. The van der Waals surface area contributed by atoms with E-state index in [2.05, 4.69) is 15.2 Å². The third-order valence-corrected chi connectivity index (χ3v) is 1.84. The molecule has 0 amide bonds. The SMILES string of the molecule is C.Cc1nc(/C=C/c2ccccc2)n[nH]1. The number of aromatic amines is 1. The van der Waals surface area contributed by atoms with Crippen molar-refractivity contribution >= 4 is 12.2 Å². The molecule has 0 radical (unpaired) electrons. The van der Waals surface area contributed by atoms with Gasteiger partial charge in [-0.05, 0) is 18.6 Å². The lowest BCUT2D eigenvalue weighted by Crippen LogP contribution is -1.75. The first-order valence-electron chi connectivity index (χ1n) is 4.47. The van der Waals surface area contributed by atoms with Gasteiger partial charge in [0.25, 0.3) is 0 Å². The number of nitrogens with one attached hydrogen (secondary N) is 1. The van der Waals surface area contributed by atoms with Crippen molar-refractivity contribution in [2.75, 3.05) is 0 Å². The summed E-state index contributed by atoms with van der Waals surface area (Å²) in [6.45, 7) is 1.88. The van der Waals surface area contributed by atoms with E-state index in [1.807, 2.05) is 49.4 Å². The summed E-state index contributed by atoms with van der Waals surface area (Å²) in [4.78, 5) is 4.17. The number of nitrogens with zero attached hydrogens (tertiary/aromatic N) is 2. The molecule has 15 heavy (non-hydrogen) atoms. The minimum Gasteiger partial charge on any atom is -0.263 e. The van der Waals surface area contributed by atoms with Crippen LogP contribution >= 0.6 is 0 Å². The summed E-state index contributed by atoms with van der Waals surface area (Å²) in [5.41, 5.74) is 1.15. The third kappa shape index (κ3) is 3.06. The summed E-state index contributed by atoms with van der Waals surface area (Å²) in [6.07, 6.45) is 3.88. The zero-order valence-corrected chi connectivity index (χ0v) is 7.94. The van der Waals surface area contributed by atoms with E-state index in [-0.39, 0.29) is 7.43 Å². The molecule has 0 aliphatic heterocycles. The molecule has 2 rings (SSSR count). The average molecular weight is 201 g/mol. The number of benzene rings is 1. The van der Waals surface area contributed by atoms with Crippen LogP contribution in [0.2, 0.25) is 0 Å². The molecule has 0 saturated heterocycles. The van der Waals surface area contributed by atoms with Gasteiger partial charge in [-0.25, -0.2) is 4.98 Å². The predicted octanol–water partition coefficient (Wildman–Crippen LogP) is 2.92. The fourth-order valence-electron chi connectivity index (χ4n) is 1.17. The monoisotopic (exact) mass is 201 g/mol. The van der Waals surface area contributed by atoms with Crippen molar-refractivity contribution in [3.63, 3.8) is 0 Å². The topological polar surface area (TPSA) is 41.6 Å². The van der Waals surface area contributed by atoms with Gasteiger partial charge in [-0.15, -0.1) is 0 Å².